The first-order valence-electron chi connectivity index (χ1n) is 14.5. The van der Waals surface area contributed by atoms with Gasteiger partial charge in [-0.05, 0) is 56.2 Å². The van der Waals surface area contributed by atoms with Crippen molar-refractivity contribution in [3.05, 3.63) is 23.8 Å². The van der Waals surface area contributed by atoms with Crippen molar-refractivity contribution in [1.29, 1.82) is 0 Å². The van der Waals surface area contributed by atoms with Crippen molar-refractivity contribution in [2.24, 2.45) is 11.7 Å². The minimum absolute atomic E-state index is 0.0311. The normalized spacial score (nSPS) is 12.3. The Morgan fingerprint density at radius 2 is 1.39 bits per heavy atom. The molecule has 0 radical (unpaired) electrons. The number of carbonyl (C=O) groups is 4. The number of rotatable bonds is 19. The predicted octanol–water partition coefficient (Wildman–Crippen LogP) is 5.88. The van der Waals surface area contributed by atoms with Gasteiger partial charge in [-0.25, -0.2) is 9.59 Å². The zero-order valence-electron chi connectivity index (χ0n) is 25.1. The maximum Gasteiger partial charge on any atom is 0.513 e. The molecule has 0 saturated heterocycles. The lowest BCUT2D eigenvalue weighted by atomic mass is 10.1. The van der Waals surface area contributed by atoms with E-state index in [0.717, 1.165) is 25.7 Å². The number of hydrogen-bond donors (Lipinski definition) is 1. The SMILES string of the molecule is CCCCCOC(=O)Oc1ccc(C[C@H](N)C(=O)O[C@@H](C)COC(=O)CCC(C)C)cc1OC(=O)OCCCCC. The maximum absolute atomic E-state index is 12.5. The number of nitrogens with two attached hydrogens (primary N) is 1. The van der Waals surface area contributed by atoms with Crippen molar-refractivity contribution in [1.82, 2.24) is 0 Å². The summed E-state index contributed by atoms with van der Waals surface area (Å²) in [5, 5.41) is 0. The Bertz CT molecular complexity index is 949. The molecule has 0 saturated carbocycles. The van der Waals surface area contributed by atoms with E-state index in [4.69, 9.17) is 34.2 Å². The molecule has 0 bridgehead atoms. The fourth-order valence-corrected chi connectivity index (χ4v) is 3.44. The molecule has 0 aliphatic carbocycles. The zero-order chi connectivity index (χ0) is 30.6. The van der Waals surface area contributed by atoms with Crippen LogP contribution in [-0.2, 0) is 35.0 Å². The van der Waals surface area contributed by atoms with Gasteiger partial charge < -0.3 is 34.2 Å². The zero-order valence-corrected chi connectivity index (χ0v) is 25.1. The molecule has 0 aliphatic heterocycles. The number of ether oxygens (including phenoxy) is 6. The van der Waals surface area contributed by atoms with Gasteiger partial charge in [0.15, 0.2) is 11.5 Å². The summed E-state index contributed by atoms with van der Waals surface area (Å²) in [6, 6.07) is 3.37. The molecule has 41 heavy (non-hydrogen) atoms. The van der Waals surface area contributed by atoms with Crippen LogP contribution in [0.1, 0.15) is 91.5 Å². The highest BCUT2D eigenvalue weighted by Crippen LogP contribution is 2.30. The van der Waals surface area contributed by atoms with Gasteiger partial charge >= 0.3 is 24.2 Å². The molecule has 0 heterocycles. The molecule has 11 nitrogen and oxygen atoms in total. The largest absolute Gasteiger partial charge is 0.513 e. The van der Waals surface area contributed by atoms with E-state index in [2.05, 4.69) is 0 Å². The van der Waals surface area contributed by atoms with E-state index >= 15 is 0 Å². The Kier molecular flexibility index (Phi) is 17.9. The van der Waals surface area contributed by atoms with Crippen molar-refractivity contribution in [3.8, 4) is 11.5 Å². The maximum atomic E-state index is 12.5. The summed E-state index contributed by atoms with van der Waals surface area (Å²) in [4.78, 5) is 48.7. The smallest absolute Gasteiger partial charge is 0.462 e. The van der Waals surface area contributed by atoms with Crippen LogP contribution < -0.4 is 15.2 Å². The first-order chi connectivity index (χ1) is 19.5. The number of carbonyl (C=O) groups excluding carboxylic acids is 4. The van der Waals surface area contributed by atoms with Crippen molar-refractivity contribution in [2.75, 3.05) is 19.8 Å². The Hall–Kier alpha value is -3.34. The second-order valence-electron chi connectivity index (χ2n) is 10.3. The molecule has 232 valence electrons. The first-order valence-corrected chi connectivity index (χ1v) is 14.5. The molecule has 0 aliphatic rings. The van der Waals surface area contributed by atoms with Crippen molar-refractivity contribution < 1.29 is 47.6 Å². The van der Waals surface area contributed by atoms with E-state index in [1.54, 1.807) is 13.0 Å². The van der Waals surface area contributed by atoms with E-state index in [9.17, 15) is 19.2 Å². The lowest BCUT2D eigenvalue weighted by molar-refractivity contribution is -0.159. The van der Waals surface area contributed by atoms with Crippen LogP contribution in [0, 0.1) is 5.92 Å². The number of unbranched alkanes of at least 4 members (excludes halogenated alkanes) is 4. The molecule has 11 heteroatoms. The summed E-state index contributed by atoms with van der Waals surface area (Å²) >= 11 is 0. The van der Waals surface area contributed by atoms with Gasteiger partial charge in [-0.3, -0.25) is 9.59 Å². The highest BCUT2D eigenvalue weighted by molar-refractivity contribution is 5.76. The van der Waals surface area contributed by atoms with Crippen molar-refractivity contribution >= 4 is 24.2 Å². The van der Waals surface area contributed by atoms with Gasteiger partial charge in [-0.2, -0.15) is 0 Å². The second kappa shape index (κ2) is 20.5. The third-order valence-corrected chi connectivity index (χ3v) is 5.81. The van der Waals surface area contributed by atoms with Crippen LogP contribution in [0.3, 0.4) is 0 Å². The summed E-state index contributed by atoms with van der Waals surface area (Å²) in [7, 11) is 0. The van der Waals surface area contributed by atoms with Gasteiger partial charge in [0.2, 0.25) is 0 Å². The summed E-state index contributed by atoms with van der Waals surface area (Å²) in [5.41, 5.74) is 6.57. The Morgan fingerprint density at radius 1 is 0.805 bits per heavy atom. The fraction of sp³-hybridized carbons (Fsp3) is 0.667. The Balaban J connectivity index is 2.80. The van der Waals surface area contributed by atoms with Crippen LogP contribution in [-0.4, -0.2) is 56.2 Å². The summed E-state index contributed by atoms with van der Waals surface area (Å²) in [6.45, 7) is 10.00. The minimum Gasteiger partial charge on any atom is -0.462 e. The Labute approximate surface area is 243 Å². The van der Waals surface area contributed by atoms with Gasteiger partial charge in [0.1, 0.15) is 18.8 Å². The predicted molar refractivity (Wildman–Crippen MR) is 152 cm³/mol. The molecule has 1 aromatic carbocycles. The molecule has 0 unspecified atom stereocenters. The van der Waals surface area contributed by atoms with Crippen LogP contribution in [0.2, 0.25) is 0 Å². The van der Waals surface area contributed by atoms with E-state index in [-0.39, 0.29) is 43.7 Å². The Morgan fingerprint density at radius 3 is 1.95 bits per heavy atom. The summed E-state index contributed by atoms with van der Waals surface area (Å²) in [5.74, 6) is -0.804. The third-order valence-electron chi connectivity index (χ3n) is 5.81. The van der Waals surface area contributed by atoms with Crippen molar-refractivity contribution in [2.45, 2.75) is 105 Å². The van der Waals surface area contributed by atoms with E-state index in [1.807, 2.05) is 27.7 Å². The fourth-order valence-electron chi connectivity index (χ4n) is 3.44. The highest BCUT2D eigenvalue weighted by Gasteiger charge is 2.22. The lowest BCUT2D eigenvalue weighted by Crippen LogP contribution is -2.37. The van der Waals surface area contributed by atoms with E-state index in [1.165, 1.54) is 12.1 Å². The molecule has 1 aromatic rings. The average molecular weight is 582 g/mol. The van der Waals surface area contributed by atoms with Crippen molar-refractivity contribution in [3.63, 3.8) is 0 Å². The van der Waals surface area contributed by atoms with Crippen LogP contribution in [0.25, 0.3) is 0 Å². The van der Waals surface area contributed by atoms with Gasteiger partial charge in [-0.1, -0.05) is 59.4 Å². The van der Waals surface area contributed by atoms with Crippen LogP contribution >= 0.6 is 0 Å². The molecule has 0 amide bonds. The van der Waals surface area contributed by atoms with Crippen LogP contribution in [0.5, 0.6) is 11.5 Å². The molecule has 2 atom stereocenters. The lowest BCUT2D eigenvalue weighted by Gasteiger charge is -2.18. The topological polar surface area (TPSA) is 150 Å². The van der Waals surface area contributed by atoms with E-state index in [0.29, 0.717) is 37.2 Å². The standard InChI is InChI=1S/C30H47NO10/c1-6-8-10-16-36-29(34)40-25-14-13-23(19-26(25)41-30(35)37-17-11-9-7-2)18-24(31)28(33)39-22(5)20-38-27(32)15-12-21(3)4/h13-14,19,21-22,24H,6-12,15-18,20,31H2,1-5H3/t22-,24-/m0/s1. The third kappa shape index (κ3) is 16.5. The molecule has 0 spiro atoms. The summed E-state index contributed by atoms with van der Waals surface area (Å²) < 4.78 is 31.2. The molecule has 0 aromatic heterocycles. The summed E-state index contributed by atoms with van der Waals surface area (Å²) in [6.07, 6.45) is 3.59. The number of hydrogen-bond acceptors (Lipinski definition) is 11. The minimum atomic E-state index is -1.06. The second-order valence-corrected chi connectivity index (χ2v) is 10.3. The first kappa shape index (κ1) is 35.7. The van der Waals surface area contributed by atoms with E-state index < -0.39 is 30.4 Å². The number of benzene rings is 1. The van der Waals surface area contributed by atoms with Gasteiger partial charge in [0.05, 0.1) is 13.2 Å². The molecular weight excluding hydrogens is 534 g/mol. The molecule has 1 rings (SSSR count). The van der Waals surface area contributed by atoms with Crippen LogP contribution in [0.15, 0.2) is 18.2 Å². The molecular formula is C30H47NO10. The van der Waals surface area contributed by atoms with Gasteiger partial charge in [0.25, 0.3) is 0 Å². The van der Waals surface area contributed by atoms with Gasteiger partial charge in [0, 0.05) is 6.42 Å². The number of esters is 2. The monoisotopic (exact) mass is 581 g/mol. The molecule has 2 N–H and O–H groups in total. The molecule has 0 fully saturated rings. The quantitative estimate of drug-likeness (QED) is 0.0903. The average Bonchev–Trinajstić information content (AvgIpc) is 2.92. The van der Waals surface area contributed by atoms with Crippen LogP contribution in [0.4, 0.5) is 9.59 Å². The van der Waals surface area contributed by atoms with Gasteiger partial charge in [-0.15, -0.1) is 0 Å². The highest BCUT2D eigenvalue weighted by atomic mass is 16.7.